The van der Waals surface area contributed by atoms with E-state index in [9.17, 15) is 0 Å². The highest BCUT2D eigenvalue weighted by molar-refractivity contribution is 6.13. The maximum Gasteiger partial charge on any atom is 0.0618 e. The molecule has 50 heavy (non-hydrogen) atoms. The molecule has 0 amide bonds. The molecule has 1 aliphatic rings. The second-order valence-electron chi connectivity index (χ2n) is 13.5. The Balaban J connectivity index is 1.14. The van der Waals surface area contributed by atoms with E-state index in [2.05, 4.69) is 194 Å². The average molecular weight is 636 g/mol. The predicted octanol–water partition coefficient (Wildman–Crippen LogP) is 13.9. The van der Waals surface area contributed by atoms with Gasteiger partial charge in [0.1, 0.15) is 0 Å². The maximum atomic E-state index is 2.45. The zero-order valence-electron chi connectivity index (χ0n) is 27.8. The minimum absolute atomic E-state index is 1.14. The third kappa shape index (κ3) is 4.63. The summed E-state index contributed by atoms with van der Waals surface area (Å²) in [6.07, 6.45) is 0. The van der Waals surface area contributed by atoms with Crippen molar-refractivity contribution in [2.24, 2.45) is 0 Å². The van der Waals surface area contributed by atoms with Crippen molar-refractivity contribution >= 4 is 49.4 Å². The lowest BCUT2D eigenvalue weighted by Crippen LogP contribution is -2.12. The van der Waals surface area contributed by atoms with Gasteiger partial charge in [-0.2, -0.15) is 0 Å². The largest absolute Gasteiger partial charge is 0.309 e. The first kappa shape index (κ1) is 28.6. The summed E-state index contributed by atoms with van der Waals surface area (Å²) in [4.78, 5) is 2.45. The molecule has 234 valence electrons. The van der Waals surface area contributed by atoms with Crippen LogP contribution in [0.2, 0.25) is 0 Å². The minimum atomic E-state index is 1.14. The summed E-state index contributed by atoms with van der Waals surface area (Å²) in [6.45, 7) is 2.15. The number of hydrogen-bond donors (Lipinski definition) is 0. The Bertz CT molecular complexity index is 2740. The van der Waals surface area contributed by atoms with Gasteiger partial charge in [-0.15, -0.1) is 0 Å². The summed E-state index contributed by atoms with van der Waals surface area (Å²) in [5.74, 6) is 0. The molecule has 0 saturated carbocycles. The normalized spacial score (nSPS) is 11.7. The van der Waals surface area contributed by atoms with E-state index in [4.69, 9.17) is 0 Å². The number of fused-ring (bicyclic) bond motifs is 7. The van der Waals surface area contributed by atoms with Gasteiger partial charge in [-0.25, -0.2) is 0 Å². The first-order valence-corrected chi connectivity index (χ1v) is 17.3. The molecule has 0 radical (unpaired) electrons. The zero-order valence-corrected chi connectivity index (χ0v) is 27.8. The van der Waals surface area contributed by atoms with Crippen LogP contribution in [0.5, 0.6) is 0 Å². The van der Waals surface area contributed by atoms with Crippen LogP contribution in [0.4, 0.5) is 17.1 Å². The highest BCUT2D eigenvalue weighted by Crippen LogP contribution is 2.51. The van der Waals surface area contributed by atoms with Crippen molar-refractivity contribution in [3.8, 4) is 44.5 Å². The van der Waals surface area contributed by atoms with E-state index in [0.717, 1.165) is 11.4 Å². The molecule has 0 spiro atoms. The monoisotopic (exact) mass is 635 g/mol. The third-order valence-electron chi connectivity index (χ3n) is 10.4. The standard InChI is InChI=1S/C49H33N/c1-32-16-22-41(23-17-32)50(49-43-15-9-8-14-35(43)21-25-44(49)34-12-6-3-7-13-34)42-24-20-38-29-46-45-28-37-19-18-36(33-10-4-2-5-11-33)26-39(37)30-47(45)48(46)31-40(38)27-42/h2-31H,1H3. The van der Waals surface area contributed by atoms with E-state index in [-0.39, 0.29) is 0 Å². The van der Waals surface area contributed by atoms with Crippen LogP contribution in [0.3, 0.4) is 0 Å². The fraction of sp³-hybridized carbons (Fsp3) is 0.0204. The molecule has 0 unspecified atom stereocenters. The van der Waals surface area contributed by atoms with Crippen LogP contribution in [0, 0.1) is 6.92 Å². The summed E-state index contributed by atoms with van der Waals surface area (Å²) in [5.41, 5.74) is 15.0. The van der Waals surface area contributed by atoms with Gasteiger partial charge in [-0.3, -0.25) is 0 Å². The van der Waals surface area contributed by atoms with Crippen molar-refractivity contribution in [1.82, 2.24) is 0 Å². The molecular weight excluding hydrogens is 603 g/mol. The third-order valence-corrected chi connectivity index (χ3v) is 10.4. The Hall–Kier alpha value is -6.44. The molecule has 9 aromatic rings. The van der Waals surface area contributed by atoms with Crippen molar-refractivity contribution in [1.29, 1.82) is 0 Å². The van der Waals surface area contributed by atoms with Gasteiger partial charge in [0, 0.05) is 22.3 Å². The first-order valence-electron chi connectivity index (χ1n) is 17.3. The van der Waals surface area contributed by atoms with Gasteiger partial charge in [0.05, 0.1) is 5.69 Å². The molecule has 0 bridgehead atoms. The van der Waals surface area contributed by atoms with E-state index in [1.54, 1.807) is 0 Å². The van der Waals surface area contributed by atoms with Crippen LogP contribution in [-0.4, -0.2) is 0 Å². The van der Waals surface area contributed by atoms with Gasteiger partial charge in [0.15, 0.2) is 0 Å². The molecule has 0 aliphatic heterocycles. The number of nitrogens with zero attached hydrogens (tertiary/aromatic N) is 1. The molecule has 1 heteroatoms. The van der Waals surface area contributed by atoms with Crippen LogP contribution in [0.25, 0.3) is 76.8 Å². The number of rotatable bonds is 5. The summed E-state index contributed by atoms with van der Waals surface area (Å²) < 4.78 is 0. The van der Waals surface area contributed by atoms with Gasteiger partial charge in [0.2, 0.25) is 0 Å². The second-order valence-corrected chi connectivity index (χ2v) is 13.5. The summed E-state index contributed by atoms with van der Waals surface area (Å²) in [7, 11) is 0. The number of hydrogen-bond acceptors (Lipinski definition) is 1. The molecule has 1 aliphatic carbocycles. The average Bonchev–Trinajstić information content (AvgIpc) is 3.18. The summed E-state index contributed by atoms with van der Waals surface area (Å²) >= 11 is 0. The lowest BCUT2D eigenvalue weighted by molar-refractivity contribution is 1.29. The van der Waals surface area contributed by atoms with E-state index < -0.39 is 0 Å². The van der Waals surface area contributed by atoms with Crippen LogP contribution < -0.4 is 4.90 Å². The molecule has 0 atom stereocenters. The minimum Gasteiger partial charge on any atom is -0.309 e. The van der Waals surface area contributed by atoms with Gasteiger partial charge >= 0.3 is 0 Å². The van der Waals surface area contributed by atoms with E-state index >= 15 is 0 Å². The quantitative estimate of drug-likeness (QED) is 0.182. The molecule has 0 N–H and O–H groups in total. The van der Waals surface area contributed by atoms with Crippen LogP contribution in [0.1, 0.15) is 5.56 Å². The smallest absolute Gasteiger partial charge is 0.0618 e. The highest BCUT2D eigenvalue weighted by atomic mass is 15.1. The first-order chi connectivity index (χ1) is 24.7. The molecule has 0 heterocycles. The van der Waals surface area contributed by atoms with E-state index in [1.165, 1.54) is 88.1 Å². The molecule has 0 saturated heterocycles. The van der Waals surface area contributed by atoms with Crippen molar-refractivity contribution in [2.45, 2.75) is 6.92 Å². The number of benzene rings is 9. The molecule has 0 aromatic heterocycles. The van der Waals surface area contributed by atoms with Crippen molar-refractivity contribution in [3.63, 3.8) is 0 Å². The summed E-state index contributed by atoms with van der Waals surface area (Å²) in [5, 5.41) is 7.50. The molecule has 10 rings (SSSR count). The topological polar surface area (TPSA) is 3.24 Å². The summed E-state index contributed by atoms with van der Waals surface area (Å²) in [6, 6.07) is 66.9. The fourth-order valence-electron chi connectivity index (χ4n) is 7.81. The van der Waals surface area contributed by atoms with Crippen molar-refractivity contribution in [3.05, 3.63) is 188 Å². The zero-order chi connectivity index (χ0) is 33.2. The maximum absolute atomic E-state index is 2.45. The highest BCUT2D eigenvalue weighted by Gasteiger charge is 2.25. The van der Waals surface area contributed by atoms with Crippen LogP contribution in [0.15, 0.2) is 182 Å². The Kier molecular flexibility index (Phi) is 6.47. The Labute approximate surface area is 292 Å². The van der Waals surface area contributed by atoms with Crippen molar-refractivity contribution in [2.75, 3.05) is 4.90 Å². The van der Waals surface area contributed by atoms with E-state index in [1.807, 2.05) is 0 Å². The molecular formula is C49H33N. The fourth-order valence-corrected chi connectivity index (χ4v) is 7.81. The molecule has 1 nitrogen and oxygen atoms in total. The van der Waals surface area contributed by atoms with Crippen LogP contribution >= 0.6 is 0 Å². The Morgan fingerprint density at radius 2 is 0.860 bits per heavy atom. The predicted molar refractivity (Wildman–Crippen MR) is 214 cm³/mol. The second kappa shape index (κ2) is 11.3. The van der Waals surface area contributed by atoms with Crippen LogP contribution in [-0.2, 0) is 0 Å². The lowest BCUT2D eigenvalue weighted by Gasteiger charge is -2.30. The molecule has 0 fully saturated rings. The number of aryl methyl sites for hydroxylation is 1. The molecule has 9 aromatic carbocycles. The number of anilines is 3. The van der Waals surface area contributed by atoms with Gasteiger partial charge in [-0.1, -0.05) is 133 Å². The Morgan fingerprint density at radius 3 is 1.56 bits per heavy atom. The van der Waals surface area contributed by atoms with Crippen molar-refractivity contribution < 1.29 is 0 Å². The van der Waals surface area contributed by atoms with Gasteiger partial charge in [-0.05, 0) is 127 Å². The van der Waals surface area contributed by atoms with Gasteiger partial charge < -0.3 is 4.90 Å². The Morgan fingerprint density at radius 1 is 0.320 bits per heavy atom. The SMILES string of the molecule is Cc1ccc(N(c2ccc3cc4c(cc3c2)-c2cc3cc(-c5ccccc5)ccc3cc2-4)c2c(-c3ccccc3)ccc3ccccc23)cc1. The van der Waals surface area contributed by atoms with E-state index in [0.29, 0.717) is 0 Å². The van der Waals surface area contributed by atoms with Gasteiger partial charge in [0.25, 0.3) is 0 Å². The lowest BCUT2D eigenvalue weighted by atomic mass is 9.77.